The second-order valence-electron chi connectivity index (χ2n) is 6.34. The van der Waals surface area contributed by atoms with Crippen LogP contribution in [0.3, 0.4) is 0 Å². The molecule has 1 aliphatic rings. The molecule has 152 valence electrons. The molecule has 0 spiro atoms. The largest absolute Gasteiger partial charge is 0.535 e. The van der Waals surface area contributed by atoms with E-state index in [9.17, 15) is 24.9 Å². The monoisotopic (exact) mass is 419 g/mol. The topological polar surface area (TPSA) is 162 Å². The minimum Gasteiger partial charge on any atom is -0.535 e. The van der Waals surface area contributed by atoms with Crippen molar-refractivity contribution < 1.29 is 34.7 Å². The first kappa shape index (κ1) is 20.8. The van der Waals surface area contributed by atoms with Crippen molar-refractivity contribution in [2.24, 2.45) is 5.16 Å². The number of carboxylic acid groups (broad SMARTS) is 1. The molecular formula is C17H18BN3O7S. The highest BCUT2D eigenvalue weighted by Crippen LogP contribution is 2.36. The van der Waals surface area contributed by atoms with Gasteiger partial charge in [0.05, 0.1) is 12.2 Å². The van der Waals surface area contributed by atoms with Gasteiger partial charge in [-0.3, -0.25) is 4.79 Å². The molecule has 10 nitrogen and oxygen atoms in total. The Labute approximate surface area is 169 Å². The van der Waals surface area contributed by atoms with Gasteiger partial charge in [0.1, 0.15) is 11.4 Å². The number of thiazole rings is 1. The molecule has 0 bridgehead atoms. The highest BCUT2D eigenvalue weighted by molar-refractivity contribution is 7.14. The van der Waals surface area contributed by atoms with Crippen LogP contribution in [0.2, 0.25) is 5.82 Å². The molecule has 1 aliphatic heterocycles. The Bertz CT molecular complexity index is 949. The minimum atomic E-state index is -1.39. The molecule has 0 aliphatic carbocycles. The zero-order valence-corrected chi connectivity index (χ0v) is 15.9. The lowest BCUT2D eigenvalue weighted by atomic mass is 9.64. The molecule has 5 N–H and O–H groups in total. The van der Waals surface area contributed by atoms with E-state index in [4.69, 9.17) is 9.76 Å². The Morgan fingerprint density at radius 3 is 2.90 bits per heavy atom. The van der Waals surface area contributed by atoms with E-state index in [-0.39, 0.29) is 48.7 Å². The molecule has 2 aromatic rings. The Morgan fingerprint density at radius 1 is 1.41 bits per heavy atom. The molecule has 1 aromatic heterocycles. The number of nitrogens with one attached hydrogen (secondary N) is 1. The highest BCUT2D eigenvalue weighted by Gasteiger charge is 2.38. The number of aromatic nitrogens is 1. The van der Waals surface area contributed by atoms with Crippen LogP contribution in [0.5, 0.6) is 5.75 Å². The van der Waals surface area contributed by atoms with Gasteiger partial charge in [-0.1, -0.05) is 17.3 Å². The van der Waals surface area contributed by atoms with E-state index < -0.39 is 24.7 Å². The first-order chi connectivity index (χ1) is 13.9. The normalized spacial score (nSPS) is 16.1. The number of aromatic carboxylic acids is 1. The van der Waals surface area contributed by atoms with E-state index in [0.29, 0.717) is 10.7 Å². The van der Waals surface area contributed by atoms with Crippen molar-refractivity contribution >= 4 is 41.1 Å². The third-order valence-electron chi connectivity index (χ3n) is 4.40. The number of carbonyl (C=O) groups is 2. The fraction of sp³-hybridized carbons (Fsp3) is 0.294. The van der Waals surface area contributed by atoms with Gasteiger partial charge in [-0.2, -0.15) is 0 Å². The number of carbonyl (C=O) groups excluding carboxylic acids is 1. The standard InChI is InChI=1S/C17H18BN3O7S/c22-5-4-19-17-20-12(8-29-17)14(21-27)13(23)7-10-6-9-2-1-3-11(16(24)25)15(9)28-18(10)26/h1-3,8,10,22,26-27H,4-7H2,(H,19,20)(H,24,25)/b21-14-/t10-/m1/s1. The van der Waals surface area contributed by atoms with Crippen molar-refractivity contribution in [3.8, 4) is 5.75 Å². The lowest BCUT2D eigenvalue weighted by molar-refractivity contribution is -0.113. The summed E-state index contributed by atoms with van der Waals surface area (Å²) in [4.78, 5) is 28.1. The molecule has 0 saturated heterocycles. The number of oxime groups is 1. The summed E-state index contributed by atoms with van der Waals surface area (Å²) in [5, 5.41) is 45.6. The number of ketones is 1. The van der Waals surface area contributed by atoms with Gasteiger partial charge < -0.3 is 30.4 Å². The Balaban J connectivity index is 1.73. The maximum Gasteiger partial charge on any atom is 0.526 e. The van der Waals surface area contributed by atoms with Gasteiger partial charge in [-0.15, -0.1) is 11.3 Å². The van der Waals surface area contributed by atoms with Crippen molar-refractivity contribution in [1.82, 2.24) is 4.98 Å². The Morgan fingerprint density at radius 2 is 2.21 bits per heavy atom. The van der Waals surface area contributed by atoms with Crippen molar-refractivity contribution in [1.29, 1.82) is 0 Å². The van der Waals surface area contributed by atoms with Crippen molar-refractivity contribution in [2.75, 3.05) is 18.5 Å². The van der Waals surface area contributed by atoms with E-state index >= 15 is 0 Å². The summed E-state index contributed by atoms with van der Waals surface area (Å²) in [5.41, 5.74) is 0.423. The number of para-hydroxylation sites is 1. The predicted octanol–water partition coefficient (Wildman–Crippen LogP) is 0.869. The van der Waals surface area contributed by atoms with Crippen LogP contribution in [0.1, 0.15) is 28.0 Å². The van der Waals surface area contributed by atoms with Gasteiger partial charge in [-0.25, -0.2) is 9.78 Å². The Kier molecular flexibility index (Phi) is 6.47. The fourth-order valence-electron chi connectivity index (χ4n) is 3.04. The summed E-state index contributed by atoms with van der Waals surface area (Å²) in [6.45, 7) is 0.204. The van der Waals surface area contributed by atoms with Crippen LogP contribution in [0.25, 0.3) is 0 Å². The van der Waals surface area contributed by atoms with Crippen LogP contribution in [0.4, 0.5) is 5.13 Å². The quantitative estimate of drug-likeness (QED) is 0.181. The van der Waals surface area contributed by atoms with Crippen molar-refractivity contribution in [2.45, 2.75) is 18.7 Å². The smallest absolute Gasteiger partial charge is 0.526 e. The van der Waals surface area contributed by atoms with E-state index in [2.05, 4.69) is 15.5 Å². The molecule has 1 aromatic carbocycles. The second-order valence-corrected chi connectivity index (χ2v) is 7.19. The number of aliphatic hydroxyl groups excluding tert-OH is 1. The van der Waals surface area contributed by atoms with E-state index in [0.717, 1.165) is 0 Å². The van der Waals surface area contributed by atoms with Crippen LogP contribution >= 0.6 is 11.3 Å². The van der Waals surface area contributed by atoms with Gasteiger partial charge >= 0.3 is 13.1 Å². The van der Waals surface area contributed by atoms with Crippen LogP contribution in [0.15, 0.2) is 28.7 Å². The summed E-state index contributed by atoms with van der Waals surface area (Å²) >= 11 is 1.19. The first-order valence-electron chi connectivity index (χ1n) is 8.70. The number of hydrogen-bond acceptors (Lipinski definition) is 10. The molecule has 0 saturated carbocycles. The van der Waals surface area contributed by atoms with E-state index in [1.54, 1.807) is 12.1 Å². The molecule has 3 rings (SSSR count). The third-order valence-corrected chi connectivity index (χ3v) is 5.20. The Hall–Kier alpha value is -2.96. The van der Waals surface area contributed by atoms with Gasteiger partial charge in [0.2, 0.25) is 0 Å². The number of nitrogens with zero attached hydrogens (tertiary/aromatic N) is 2. The molecule has 0 fully saturated rings. The SMILES string of the molecule is O=C(C[C@H]1Cc2cccc(C(=O)O)c2OB1O)/C(=N\O)c1csc(NCCO)n1. The lowest BCUT2D eigenvalue weighted by Crippen LogP contribution is -2.36. The predicted molar refractivity (Wildman–Crippen MR) is 105 cm³/mol. The molecule has 1 atom stereocenters. The maximum atomic E-state index is 12.7. The third kappa shape index (κ3) is 4.55. The number of hydrogen-bond donors (Lipinski definition) is 5. The average molecular weight is 419 g/mol. The number of aliphatic hydroxyl groups is 1. The molecule has 29 heavy (non-hydrogen) atoms. The van der Waals surface area contributed by atoms with Crippen molar-refractivity contribution in [3.05, 3.63) is 40.4 Å². The number of Topliss-reactive ketones (excluding diaryl/α,β-unsaturated/α-hetero) is 1. The molecule has 12 heteroatoms. The fourth-order valence-corrected chi connectivity index (χ4v) is 3.76. The van der Waals surface area contributed by atoms with Crippen LogP contribution in [-0.4, -0.2) is 63.2 Å². The second kappa shape index (κ2) is 9.03. The van der Waals surface area contributed by atoms with Crippen LogP contribution < -0.4 is 9.97 Å². The molecular weight excluding hydrogens is 401 g/mol. The summed E-state index contributed by atoms with van der Waals surface area (Å²) in [7, 11) is -1.39. The van der Waals surface area contributed by atoms with Gasteiger partial charge in [-0.05, 0) is 18.1 Å². The molecule has 0 radical (unpaired) electrons. The summed E-state index contributed by atoms with van der Waals surface area (Å²) < 4.78 is 5.38. The summed E-state index contributed by atoms with van der Waals surface area (Å²) in [6, 6.07) is 4.62. The first-order valence-corrected chi connectivity index (χ1v) is 9.58. The molecule has 0 amide bonds. The summed E-state index contributed by atoms with van der Waals surface area (Å²) in [5.74, 6) is -2.28. The number of benzene rings is 1. The summed E-state index contributed by atoms with van der Waals surface area (Å²) in [6.07, 6.45) is 0.0384. The van der Waals surface area contributed by atoms with Crippen LogP contribution in [0, 0.1) is 0 Å². The highest BCUT2D eigenvalue weighted by atomic mass is 32.1. The van der Waals surface area contributed by atoms with Gasteiger partial charge in [0.15, 0.2) is 16.6 Å². The number of anilines is 1. The van der Waals surface area contributed by atoms with E-state index in [1.807, 2.05) is 0 Å². The van der Waals surface area contributed by atoms with Gasteiger partial charge in [0, 0.05) is 24.2 Å². The molecule has 2 heterocycles. The number of fused-ring (bicyclic) bond motifs is 1. The van der Waals surface area contributed by atoms with Gasteiger partial charge in [0.25, 0.3) is 0 Å². The maximum absolute atomic E-state index is 12.7. The van der Waals surface area contributed by atoms with Crippen LogP contribution in [-0.2, 0) is 11.2 Å². The number of carboxylic acids is 1. The average Bonchev–Trinajstić information content (AvgIpc) is 3.15. The van der Waals surface area contributed by atoms with Crippen molar-refractivity contribution in [3.63, 3.8) is 0 Å². The number of rotatable bonds is 8. The zero-order valence-electron chi connectivity index (χ0n) is 15.1. The van der Waals surface area contributed by atoms with E-state index in [1.165, 1.54) is 22.8 Å². The zero-order chi connectivity index (χ0) is 21.0. The molecule has 0 unspecified atom stereocenters. The lowest BCUT2D eigenvalue weighted by Gasteiger charge is -2.27. The minimum absolute atomic E-state index is 0.0608.